The molecule has 1 N–H and O–H groups in total. The standard InChI is InChI=1S/C13H18N2O2/c1-15(9-11-5-3-2-4-6-11)13(16)12-10-17-8-7-14-12/h2-6,12,14H,7-10H2,1H3. The van der Waals surface area contributed by atoms with Crippen molar-refractivity contribution in [1.82, 2.24) is 10.2 Å². The van der Waals surface area contributed by atoms with Gasteiger partial charge in [0, 0.05) is 20.1 Å². The van der Waals surface area contributed by atoms with Crippen LogP contribution in [-0.2, 0) is 16.1 Å². The van der Waals surface area contributed by atoms with Crippen LogP contribution in [0.1, 0.15) is 5.56 Å². The zero-order valence-electron chi connectivity index (χ0n) is 10.1. The summed E-state index contributed by atoms with van der Waals surface area (Å²) in [5.74, 6) is 0.0913. The fourth-order valence-electron chi connectivity index (χ4n) is 1.93. The van der Waals surface area contributed by atoms with E-state index >= 15 is 0 Å². The molecule has 1 saturated heterocycles. The fraction of sp³-hybridized carbons (Fsp3) is 0.462. The summed E-state index contributed by atoms with van der Waals surface area (Å²) < 4.78 is 5.29. The molecule has 0 saturated carbocycles. The summed E-state index contributed by atoms with van der Waals surface area (Å²) in [6.07, 6.45) is 0. The minimum absolute atomic E-state index is 0.0913. The molecule has 4 nitrogen and oxygen atoms in total. The highest BCUT2D eigenvalue weighted by atomic mass is 16.5. The first-order valence-corrected chi connectivity index (χ1v) is 5.87. The highest BCUT2D eigenvalue weighted by Gasteiger charge is 2.24. The number of carbonyl (C=O) groups is 1. The second-order valence-electron chi connectivity index (χ2n) is 4.26. The molecular weight excluding hydrogens is 216 g/mol. The van der Waals surface area contributed by atoms with E-state index in [1.165, 1.54) is 0 Å². The first-order valence-electron chi connectivity index (χ1n) is 5.87. The van der Waals surface area contributed by atoms with Gasteiger partial charge in [-0.15, -0.1) is 0 Å². The van der Waals surface area contributed by atoms with Gasteiger partial charge in [0.1, 0.15) is 6.04 Å². The monoisotopic (exact) mass is 234 g/mol. The van der Waals surface area contributed by atoms with Crippen LogP contribution >= 0.6 is 0 Å². The van der Waals surface area contributed by atoms with Crippen molar-refractivity contribution in [2.24, 2.45) is 0 Å². The first-order chi connectivity index (χ1) is 8.27. The van der Waals surface area contributed by atoms with Crippen molar-refractivity contribution in [3.8, 4) is 0 Å². The smallest absolute Gasteiger partial charge is 0.242 e. The third-order valence-corrected chi connectivity index (χ3v) is 2.86. The topological polar surface area (TPSA) is 41.6 Å². The van der Waals surface area contributed by atoms with Crippen molar-refractivity contribution in [2.75, 3.05) is 26.8 Å². The Kier molecular flexibility index (Phi) is 4.12. The van der Waals surface area contributed by atoms with Gasteiger partial charge in [-0.3, -0.25) is 4.79 Å². The Bertz CT molecular complexity index is 361. The van der Waals surface area contributed by atoms with Crippen molar-refractivity contribution in [3.05, 3.63) is 35.9 Å². The minimum atomic E-state index is -0.197. The number of benzene rings is 1. The zero-order valence-corrected chi connectivity index (χ0v) is 10.1. The maximum atomic E-state index is 12.1. The van der Waals surface area contributed by atoms with E-state index < -0.39 is 0 Å². The number of amides is 1. The van der Waals surface area contributed by atoms with Gasteiger partial charge in [-0.1, -0.05) is 30.3 Å². The second kappa shape index (κ2) is 5.80. The number of rotatable bonds is 3. The summed E-state index contributed by atoms with van der Waals surface area (Å²) in [4.78, 5) is 13.8. The molecule has 1 aromatic carbocycles. The van der Waals surface area contributed by atoms with Crippen LogP contribution in [0.25, 0.3) is 0 Å². The molecule has 1 aromatic rings. The van der Waals surface area contributed by atoms with Gasteiger partial charge >= 0.3 is 0 Å². The first kappa shape index (κ1) is 12.1. The van der Waals surface area contributed by atoms with Crippen LogP contribution in [0.5, 0.6) is 0 Å². The molecule has 0 bridgehead atoms. The summed E-state index contributed by atoms with van der Waals surface area (Å²) in [5, 5.41) is 3.17. The molecule has 1 amide bonds. The van der Waals surface area contributed by atoms with E-state index in [1.54, 1.807) is 4.90 Å². The van der Waals surface area contributed by atoms with Gasteiger partial charge < -0.3 is 15.0 Å². The summed E-state index contributed by atoms with van der Waals surface area (Å²) in [7, 11) is 1.83. The van der Waals surface area contributed by atoms with Gasteiger partial charge in [-0.25, -0.2) is 0 Å². The van der Waals surface area contributed by atoms with Crippen molar-refractivity contribution in [3.63, 3.8) is 0 Å². The molecule has 1 heterocycles. The molecule has 1 aliphatic heterocycles. The quantitative estimate of drug-likeness (QED) is 0.834. The van der Waals surface area contributed by atoms with Crippen LogP contribution in [0.3, 0.4) is 0 Å². The Balaban J connectivity index is 1.90. The van der Waals surface area contributed by atoms with Crippen LogP contribution in [0.4, 0.5) is 0 Å². The van der Waals surface area contributed by atoms with E-state index in [9.17, 15) is 4.79 Å². The Labute approximate surface area is 102 Å². The molecule has 2 rings (SSSR count). The molecular formula is C13H18N2O2. The van der Waals surface area contributed by atoms with E-state index in [-0.39, 0.29) is 11.9 Å². The number of nitrogens with zero attached hydrogens (tertiary/aromatic N) is 1. The van der Waals surface area contributed by atoms with Crippen LogP contribution in [0, 0.1) is 0 Å². The van der Waals surface area contributed by atoms with E-state index in [4.69, 9.17) is 4.74 Å². The third-order valence-electron chi connectivity index (χ3n) is 2.86. The van der Waals surface area contributed by atoms with E-state index in [0.717, 1.165) is 12.1 Å². The van der Waals surface area contributed by atoms with Crippen LogP contribution in [-0.4, -0.2) is 43.7 Å². The highest BCUT2D eigenvalue weighted by molar-refractivity contribution is 5.81. The lowest BCUT2D eigenvalue weighted by molar-refractivity contribution is -0.135. The van der Waals surface area contributed by atoms with E-state index in [1.807, 2.05) is 37.4 Å². The number of hydrogen-bond donors (Lipinski definition) is 1. The molecule has 0 aromatic heterocycles. The van der Waals surface area contributed by atoms with Gasteiger partial charge in [-0.2, -0.15) is 0 Å². The van der Waals surface area contributed by atoms with Gasteiger partial charge in [0.2, 0.25) is 5.91 Å². The number of hydrogen-bond acceptors (Lipinski definition) is 3. The summed E-state index contributed by atoms with van der Waals surface area (Å²) in [6.45, 7) is 2.54. The van der Waals surface area contributed by atoms with Crippen LogP contribution in [0.2, 0.25) is 0 Å². The summed E-state index contributed by atoms with van der Waals surface area (Å²) >= 11 is 0. The van der Waals surface area contributed by atoms with Crippen molar-refractivity contribution < 1.29 is 9.53 Å². The predicted molar refractivity (Wildman–Crippen MR) is 65.5 cm³/mol. The maximum absolute atomic E-state index is 12.1. The molecule has 92 valence electrons. The predicted octanol–water partition coefficient (Wildman–Crippen LogP) is 0.633. The Morgan fingerprint density at radius 1 is 1.47 bits per heavy atom. The van der Waals surface area contributed by atoms with E-state index in [2.05, 4.69) is 5.32 Å². The number of carbonyl (C=O) groups excluding carboxylic acids is 1. The van der Waals surface area contributed by atoms with Gasteiger partial charge in [0.15, 0.2) is 0 Å². The van der Waals surface area contributed by atoms with Crippen molar-refractivity contribution in [1.29, 1.82) is 0 Å². The molecule has 4 heteroatoms. The summed E-state index contributed by atoms with van der Waals surface area (Å²) in [6, 6.07) is 9.79. The molecule has 0 spiro atoms. The fourth-order valence-corrected chi connectivity index (χ4v) is 1.93. The lowest BCUT2D eigenvalue weighted by Gasteiger charge is -2.27. The number of likely N-dealkylation sites (N-methyl/N-ethyl adjacent to an activating group) is 1. The maximum Gasteiger partial charge on any atom is 0.242 e. The Morgan fingerprint density at radius 2 is 2.24 bits per heavy atom. The molecule has 0 radical (unpaired) electrons. The molecule has 1 atom stereocenters. The molecule has 1 aliphatic rings. The minimum Gasteiger partial charge on any atom is -0.378 e. The Morgan fingerprint density at radius 3 is 2.88 bits per heavy atom. The average Bonchev–Trinajstić information content (AvgIpc) is 2.40. The van der Waals surface area contributed by atoms with Gasteiger partial charge in [-0.05, 0) is 5.56 Å². The number of nitrogens with one attached hydrogen (secondary N) is 1. The largest absolute Gasteiger partial charge is 0.378 e. The highest BCUT2D eigenvalue weighted by Crippen LogP contribution is 2.05. The number of morpholine rings is 1. The van der Waals surface area contributed by atoms with Gasteiger partial charge in [0.05, 0.1) is 13.2 Å². The second-order valence-corrected chi connectivity index (χ2v) is 4.26. The van der Waals surface area contributed by atoms with Crippen molar-refractivity contribution >= 4 is 5.91 Å². The molecule has 1 fully saturated rings. The zero-order chi connectivity index (χ0) is 12.1. The lowest BCUT2D eigenvalue weighted by Crippen LogP contribution is -2.51. The number of ether oxygens (including phenoxy) is 1. The van der Waals surface area contributed by atoms with Crippen LogP contribution < -0.4 is 5.32 Å². The summed E-state index contributed by atoms with van der Waals surface area (Å²) in [5.41, 5.74) is 1.14. The SMILES string of the molecule is CN(Cc1ccccc1)C(=O)C1COCCN1. The average molecular weight is 234 g/mol. The molecule has 1 unspecified atom stereocenters. The van der Waals surface area contributed by atoms with Crippen molar-refractivity contribution in [2.45, 2.75) is 12.6 Å². The third kappa shape index (κ3) is 3.28. The Hall–Kier alpha value is -1.39. The van der Waals surface area contributed by atoms with Gasteiger partial charge in [0.25, 0.3) is 0 Å². The van der Waals surface area contributed by atoms with E-state index in [0.29, 0.717) is 19.8 Å². The molecule has 17 heavy (non-hydrogen) atoms. The van der Waals surface area contributed by atoms with Crippen LogP contribution in [0.15, 0.2) is 30.3 Å². The lowest BCUT2D eigenvalue weighted by atomic mass is 10.2. The normalized spacial score (nSPS) is 19.9. The molecule has 0 aliphatic carbocycles.